The standard InChI is InChI=1S/C25H20ClN5OS/c1-16-6-5-8-18(14-16)23-29-30-25(31(23)21-12-10-20(26)11-13-21)33-17(2)24(32)28-22-9-4-3-7-19(22)15-27/h3-14,17H,1-2H3,(H,28,32). The summed E-state index contributed by atoms with van der Waals surface area (Å²) in [6.07, 6.45) is 0. The zero-order valence-corrected chi connectivity index (χ0v) is 19.6. The van der Waals surface area contributed by atoms with Crippen LogP contribution in [0.1, 0.15) is 18.1 Å². The number of nitriles is 1. The van der Waals surface area contributed by atoms with E-state index in [1.807, 2.05) is 47.9 Å². The molecular formula is C25H20ClN5OS. The molecule has 0 fully saturated rings. The lowest BCUT2D eigenvalue weighted by molar-refractivity contribution is -0.115. The van der Waals surface area contributed by atoms with Crippen molar-refractivity contribution in [3.05, 3.63) is 88.9 Å². The summed E-state index contributed by atoms with van der Waals surface area (Å²) in [5.41, 5.74) is 3.76. The number of hydrogen-bond donors (Lipinski definition) is 1. The zero-order valence-electron chi connectivity index (χ0n) is 18.0. The van der Waals surface area contributed by atoms with Gasteiger partial charge in [-0.05, 0) is 56.3 Å². The highest BCUT2D eigenvalue weighted by Gasteiger charge is 2.22. The number of aryl methyl sites for hydroxylation is 1. The van der Waals surface area contributed by atoms with Crippen LogP contribution < -0.4 is 5.32 Å². The van der Waals surface area contributed by atoms with Gasteiger partial charge in [-0.2, -0.15) is 5.26 Å². The first-order valence-electron chi connectivity index (χ1n) is 10.2. The first-order valence-corrected chi connectivity index (χ1v) is 11.5. The van der Waals surface area contributed by atoms with Crippen LogP contribution in [0.25, 0.3) is 17.1 Å². The van der Waals surface area contributed by atoms with Crippen molar-refractivity contribution in [2.75, 3.05) is 5.32 Å². The molecule has 33 heavy (non-hydrogen) atoms. The van der Waals surface area contributed by atoms with Gasteiger partial charge in [0.2, 0.25) is 5.91 Å². The molecule has 0 radical (unpaired) electrons. The fraction of sp³-hybridized carbons (Fsp3) is 0.120. The Labute approximate surface area is 201 Å². The van der Waals surface area contributed by atoms with Gasteiger partial charge in [-0.1, -0.05) is 59.3 Å². The number of aromatic nitrogens is 3. The molecule has 0 aliphatic rings. The largest absolute Gasteiger partial charge is 0.324 e. The third-order valence-electron chi connectivity index (χ3n) is 4.95. The van der Waals surface area contributed by atoms with Gasteiger partial charge < -0.3 is 5.32 Å². The Kier molecular flexibility index (Phi) is 6.78. The van der Waals surface area contributed by atoms with Crippen LogP contribution in [0.15, 0.2) is 78.0 Å². The Balaban J connectivity index is 1.66. The summed E-state index contributed by atoms with van der Waals surface area (Å²) < 4.78 is 1.92. The number of para-hydroxylation sites is 1. The maximum absolute atomic E-state index is 12.9. The van der Waals surface area contributed by atoms with Crippen molar-refractivity contribution >= 4 is 35.0 Å². The molecule has 0 aliphatic heterocycles. The number of anilines is 1. The molecule has 0 saturated carbocycles. The third-order valence-corrected chi connectivity index (χ3v) is 6.25. The van der Waals surface area contributed by atoms with Crippen molar-refractivity contribution in [2.45, 2.75) is 24.3 Å². The van der Waals surface area contributed by atoms with E-state index < -0.39 is 5.25 Å². The average Bonchev–Trinajstić information content (AvgIpc) is 3.23. The van der Waals surface area contributed by atoms with Crippen LogP contribution >= 0.6 is 23.4 Å². The number of hydrogen-bond acceptors (Lipinski definition) is 5. The van der Waals surface area contributed by atoms with Gasteiger partial charge in [-0.15, -0.1) is 10.2 Å². The van der Waals surface area contributed by atoms with Crippen LogP contribution in [0, 0.1) is 18.3 Å². The summed E-state index contributed by atoms with van der Waals surface area (Å²) in [5.74, 6) is 0.441. The molecule has 6 nitrogen and oxygen atoms in total. The summed E-state index contributed by atoms with van der Waals surface area (Å²) >= 11 is 7.39. The minimum atomic E-state index is -0.489. The van der Waals surface area contributed by atoms with Crippen molar-refractivity contribution in [1.29, 1.82) is 5.26 Å². The highest BCUT2D eigenvalue weighted by atomic mass is 35.5. The molecule has 1 N–H and O–H groups in total. The van der Waals surface area contributed by atoms with Crippen LogP contribution in [-0.4, -0.2) is 25.9 Å². The molecule has 164 valence electrons. The van der Waals surface area contributed by atoms with Gasteiger partial charge in [0, 0.05) is 16.3 Å². The molecule has 0 bridgehead atoms. The minimum Gasteiger partial charge on any atom is -0.324 e. The fourth-order valence-electron chi connectivity index (χ4n) is 3.28. The number of carbonyl (C=O) groups excluding carboxylic acids is 1. The van der Waals surface area contributed by atoms with Crippen molar-refractivity contribution in [3.8, 4) is 23.1 Å². The molecule has 8 heteroatoms. The number of nitrogens with one attached hydrogen (secondary N) is 1. The Morgan fingerprint density at radius 3 is 2.58 bits per heavy atom. The Morgan fingerprint density at radius 1 is 1.09 bits per heavy atom. The van der Waals surface area contributed by atoms with Crippen molar-refractivity contribution in [2.24, 2.45) is 0 Å². The maximum atomic E-state index is 12.9. The van der Waals surface area contributed by atoms with Crippen molar-refractivity contribution in [3.63, 3.8) is 0 Å². The molecule has 3 aromatic carbocycles. The molecule has 4 rings (SSSR count). The number of halogens is 1. The minimum absolute atomic E-state index is 0.231. The van der Waals surface area contributed by atoms with E-state index in [0.29, 0.717) is 27.3 Å². The summed E-state index contributed by atoms with van der Waals surface area (Å²) in [5, 5.41) is 21.7. The topological polar surface area (TPSA) is 83.6 Å². The molecule has 1 atom stereocenters. The van der Waals surface area contributed by atoms with E-state index in [1.54, 1.807) is 43.3 Å². The summed E-state index contributed by atoms with van der Waals surface area (Å²) in [7, 11) is 0. The second-order valence-electron chi connectivity index (χ2n) is 7.39. The molecular weight excluding hydrogens is 454 g/mol. The predicted molar refractivity (Wildman–Crippen MR) is 132 cm³/mol. The molecule has 0 saturated heterocycles. The molecule has 0 aliphatic carbocycles. The van der Waals surface area contributed by atoms with Gasteiger partial charge in [0.05, 0.1) is 16.5 Å². The third kappa shape index (κ3) is 5.08. The van der Waals surface area contributed by atoms with Gasteiger partial charge in [0.25, 0.3) is 0 Å². The van der Waals surface area contributed by atoms with Gasteiger partial charge in [-0.25, -0.2) is 0 Å². The SMILES string of the molecule is Cc1cccc(-c2nnc(SC(C)C(=O)Nc3ccccc3C#N)n2-c2ccc(Cl)cc2)c1. The Bertz CT molecular complexity index is 1340. The number of benzene rings is 3. The first-order chi connectivity index (χ1) is 16.0. The van der Waals surface area contributed by atoms with E-state index in [4.69, 9.17) is 11.6 Å². The van der Waals surface area contributed by atoms with Crippen LogP contribution in [0.4, 0.5) is 5.69 Å². The molecule has 0 spiro atoms. The molecule has 1 unspecified atom stereocenters. The van der Waals surface area contributed by atoms with Crippen molar-refractivity contribution in [1.82, 2.24) is 14.8 Å². The van der Waals surface area contributed by atoms with Crippen LogP contribution in [-0.2, 0) is 4.79 Å². The van der Waals surface area contributed by atoms with Gasteiger partial charge in [0.1, 0.15) is 6.07 Å². The van der Waals surface area contributed by atoms with Gasteiger partial charge in [0.15, 0.2) is 11.0 Å². The highest BCUT2D eigenvalue weighted by Crippen LogP contribution is 2.31. The monoisotopic (exact) mass is 473 g/mol. The van der Waals surface area contributed by atoms with E-state index in [9.17, 15) is 10.1 Å². The maximum Gasteiger partial charge on any atom is 0.237 e. The summed E-state index contributed by atoms with van der Waals surface area (Å²) in [6.45, 7) is 3.82. The Morgan fingerprint density at radius 2 is 1.85 bits per heavy atom. The molecule has 4 aromatic rings. The molecule has 1 amide bonds. The number of thioether (sulfide) groups is 1. The second kappa shape index (κ2) is 9.90. The lowest BCUT2D eigenvalue weighted by Gasteiger charge is -2.14. The lowest BCUT2D eigenvalue weighted by Crippen LogP contribution is -2.23. The number of carbonyl (C=O) groups is 1. The quantitative estimate of drug-likeness (QED) is 0.353. The smallest absolute Gasteiger partial charge is 0.237 e. The van der Waals surface area contributed by atoms with Crippen LogP contribution in [0.3, 0.4) is 0 Å². The zero-order chi connectivity index (χ0) is 23.4. The van der Waals surface area contributed by atoms with Crippen molar-refractivity contribution < 1.29 is 4.79 Å². The van der Waals surface area contributed by atoms with Gasteiger partial charge >= 0.3 is 0 Å². The number of amides is 1. The van der Waals surface area contributed by atoms with E-state index in [1.165, 1.54) is 11.8 Å². The Hall–Kier alpha value is -3.60. The summed E-state index contributed by atoms with van der Waals surface area (Å²) in [4.78, 5) is 12.9. The first kappa shape index (κ1) is 22.6. The van der Waals surface area contributed by atoms with Gasteiger partial charge in [-0.3, -0.25) is 9.36 Å². The summed E-state index contributed by atoms with van der Waals surface area (Å²) in [6, 6.07) is 24.4. The number of rotatable bonds is 6. The lowest BCUT2D eigenvalue weighted by atomic mass is 10.1. The molecule has 1 aromatic heterocycles. The molecule has 1 heterocycles. The second-order valence-corrected chi connectivity index (χ2v) is 9.14. The van der Waals surface area contributed by atoms with E-state index >= 15 is 0 Å². The average molecular weight is 474 g/mol. The fourth-order valence-corrected chi connectivity index (χ4v) is 4.27. The number of nitrogens with zero attached hydrogens (tertiary/aromatic N) is 4. The van der Waals surface area contributed by atoms with Crippen LogP contribution in [0.5, 0.6) is 0 Å². The predicted octanol–water partition coefficient (Wildman–Crippen LogP) is 5.89. The van der Waals surface area contributed by atoms with E-state index in [0.717, 1.165) is 16.8 Å². The van der Waals surface area contributed by atoms with E-state index in [-0.39, 0.29) is 5.91 Å². The van der Waals surface area contributed by atoms with E-state index in [2.05, 4.69) is 21.6 Å². The van der Waals surface area contributed by atoms with Crippen LogP contribution in [0.2, 0.25) is 5.02 Å². The highest BCUT2D eigenvalue weighted by molar-refractivity contribution is 8.00. The normalized spacial score (nSPS) is 11.6.